The SMILES string of the molecule is CC1[Se]c2cc3ccccc3cc2C1=O. The van der Waals surface area contributed by atoms with E-state index >= 15 is 0 Å². The Hall–Kier alpha value is -1.11. The van der Waals surface area contributed by atoms with Gasteiger partial charge in [-0.3, -0.25) is 0 Å². The van der Waals surface area contributed by atoms with Crippen molar-refractivity contribution in [3.05, 3.63) is 42.0 Å². The number of hydrogen-bond donors (Lipinski definition) is 0. The Bertz CT molecular complexity index is 559. The summed E-state index contributed by atoms with van der Waals surface area (Å²) in [5, 5.41) is 2.43. The number of fused-ring (bicyclic) bond motifs is 2. The minimum atomic E-state index is 0.226. The number of hydrogen-bond acceptors (Lipinski definition) is 1. The Morgan fingerprint density at radius 3 is 2.53 bits per heavy atom. The van der Waals surface area contributed by atoms with E-state index in [4.69, 9.17) is 0 Å². The molecule has 0 saturated heterocycles. The van der Waals surface area contributed by atoms with Crippen molar-refractivity contribution in [2.45, 2.75) is 11.7 Å². The summed E-state index contributed by atoms with van der Waals surface area (Å²) in [5.41, 5.74) is 0.959. The van der Waals surface area contributed by atoms with Crippen LogP contribution in [-0.2, 0) is 0 Å². The van der Waals surface area contributed by atoms with Crippen LogP contribution in [0, 0.1) is 0 Å². The molecule has 0 saturated carbocycles. The molecule has 0 radical (unpaired) electrons. The van der Waals surface area contributed by atoms with E-state index in [0.29, 0.717) is 20.7 Å². The van der Waals surface area contributed by atoms with Crippen molar-refractivity contribution in [1.82, 2.24) is 0 Å². The average molecular weight is 261 g/mol. The molecule has 0 fully saturated rings. The third kappa shape index (κ3) is 1.33. The molecule has 2 aromatic rings. The summed E-state index contributed by atoms with van der Waals surface area (Å²) in [6, 6.07) is 12.5. The van der Waals surface area contributed by atoms with Crippen LogP contribution in [-0.4, -0.2) is 20.7 Å². The van der Waals surface area contributed by atoms with Crippen LogP contribution in [0.1, 0.15) is 17.3 Å². The molecular formula is C13H10OSe. The van der Waals surface area contributed by atoms with Crippen LogP contribution in [0.15, 0.2) is 36.4 Å². The zero-order chi connectivity index (χ0) is 10.4. The first kappa shape index (κ1) is 9.14. The van der Waals surface area contributed by atoms with E-state index in [-0.39, 0.29) is 4.82 Å². The molecule has 1 aliphatic rings. The standard InChI is InChI=1S/C13H10OSe/c1-8-13(14)11-6-9-4-2-3-5-10(9)7-12(11)15-8/h2-8H,1H3. The van der Waals surface area contributed by atoms with Gasteiger partial charge in [0.1, 0.15) is 0 Å². The molecular weight excluding hydrogens is 251 g/mol. The van der Waals surface area contributed by atoms with Crippen LogP contribution in [0.3, 0.4) is 0 Å². The molecule has 0 N–H and O–H groups in total. The third-order valence-electron chi connectivity index (χ3n) is 2.79. The molecule has 1 atom stereocenters. The molecule has 15 heavy (non-hydrogen) atoms. The van der Waals surface area contributed by atoms with E-state index in [9.17, 15) is 4.79 Å². The molecule has 3 rings (SSSR count). The predicted octanol–water partition coefficient (Wildman–Crippen LogP) is 2.17. The summed E-state index contributed by atoms with van der Waals surface area (Å²) in [6.07, 6.45) is 0. The average Bonchev–Trinajstić information content (AvgIpc) is 2.52. The Kier molecular flexibility index (Phi) is 1.95. The number of ketones is 1. The Morgan fingerprint density at radius 2 is 1.80 bits per heavy atom. The van der Waals surface area contributed by atoms with Gasteiger partial charge in [-0.15, -0.1) is 0 Å². The summed E-state index contributed by atoms with van der Waals surface area (Å²) in [4.78, 5) is 12.1. The van der Waals surface area contributed by atoms with Crippen molar-refractivity contribution in [2.24, 2.45) is 0 Å². The van der Waals surface area contributed by atoms with E-state index in [1.54, 1.807) is 0 Å². The first-order valence-electron chi connectivity index (χ1n) is 4.99. The molecule has 2 heteroatoms. The molecule has 0 bridgehead atoms. The molecule has 0 aliphatic carbocycles. The summed E-state index contributed by atoms with van der Waals surface area (Å²) in [6.45, 7) is 2.03. The van der Waals surface area contributed by atoms with Crippen molar-refractivity contribution >= 4 is 36.0 Å². The minimum absolute atomic E-state index is 0.226. The number of rotatable bonds is 0. The zero-order valence-corrected chi connectivity index (χ0v) is 10.1. The van der Waals surface area contributed by atoms with E-state index < -0.39 is 0 Å². The van der Waals surface area contributed by atoms with E-state index in [1.165, 1.54) is 15.2 Å². The van der Waals surface area contributed by atoms with E-state index in [0.717, 1.165) is 5.56 Å². The van der Waals surface area contributed by atoms with Crippen LogP contribution in [0.5, 0.6) is 0 Å². The fourth-order valence-electron chi connectivity index (χ4n) is 1.97. The van der Waals surface area contributed by atoms with Crippen molar-refractivity contribution < 1.29 is 4.79 Å². The molecule has 1 aliphatic heterocycles. The molecule has 1 nitrogen and oxygen atoms in total. The molecule has 1 heterocycles. The van der Waals surface area contributed by atoms with Crippen LogP contribution in [0.4, 0.5) is 0 Å². The molecule has 74 valence electrons. The number of benzene rings is 2. The maximum absolute atomic E-state index is 11.9. The quantitative estimate of drug-likeness (QED) is 0.664. The Morgan fingerprint density at radius 1 is 1.13 bits per heavy atom. The first-order valence-corrected chi connectivity index (χ1v) is 6.84. The van der Waals surface area contributed by atoms with Crippen LogP contribution >= 0.6 is 0 Å². The second kappa shape index (κ2) is 3.19. The molecule has 1 unspecified atom stereocenters. The van der Waals surface area contributed by atoms with Crippen molar-refractivity contribution in [3.63, 3.8) is 0 Å². The summed E-state index contributed by atoms with van der Waals surface area (Å²) < 4.78 is 1.28. The van der Waals surface area contributed by atoms with Gasteiger partial charge in [0.25, 0.3) is 0 Å². The summed E-state index contributed by atoms with van der Waals surface area (Å²) in [5.74, 6) is 0.329. The second-order valence-corrected chi connectivity index (χ2v) is 6.72. The van der Waals surface area contributed by atoms with Crippen LogP contribution in [0.2, 0.25) is 4.82 Å². The van der Waals surface area contributed by atoms with Gasteiger partial charge in [0, 0.05) is 0 Å². The normalized spacial score (nSPS) is 19.5. The predicted molar refractivity (Wildman–Crippen MR) is 63.1 cm³/mol. The summed E-state index contributed by atoms with van der Waals surface area (Å²) >= 11 is 0.330. The second-order valence-electron chi connectivity index (χ2n) is 3.82. The van der Waals surface area contributed by atoms with Crippen LogP contribution in [0.25, 0.3) is 10.8 Å². The monoisotopic (exact) mass is 262 g/mol. The maximum atomic E-state index is 11.9. The van der Waals surface area contributed by atoms with Gasteiger partial charge in [0.05, 0.1) is 0 Å². The van der Waals surface area contributed by atoms with E-state index in [1.807, 2.05) is 19.1 Å². The summed E-state index contributed by atoms with van der Waals surface area (Å²) in [7, 11) is 0. The van der Waals surface area contributed by atoms with Gasteiger partial charge in [-0.25, -0.2) is 0 Å². The number of carbonyl (C=O) groups is 1. The van der Waals surface area contributed by atoms with Gasteiger partial charge >= 0.3 is 94.5 Å². The van der Waals surface area contributed by atoms with Gasteiger partial charge in [-0.2, -0.15) is 0 Å². The van der Waals surface area contributed by atoms with Gasteiger partial charge in [0.15, 0.2) is 0 Å². The Labute approximate surface area is 94.6 Å². The van der Waals surface area contributed by atoms with Crippen molar-refractivity contribution in [3.8, 4) is 0 Å². The fraction of sp³-hybridized carbons (Fsp3) is 0.154. The van der Waals surface area contributed by atoms with Crippen molar-refractivity contribution in [2.75, 3.05) is 0 Å². The van der Waals surface area contributed by atoms with E-state index in [2.05, 4.69) is 24.3 Å². The van der Waals surface area contributed by atoms with Gasteiger partial charge in [-0.05, 0) is 0 Å². The Balaban J connectivity index is 2.32. The van der Waals surface area contributed by atoms with Gasteiger partial charge in [0.2, 0.25) is 0 Å². The molecule has 0 aromatic heterocycles. The van der Waals surface area contributed by atoms with Gasteiger partial charge in [-0.1, -0.05) is 0 Å². The zero-order valence-electron chi connectivity index (χ0n) is 8.36. The molecule has 0 spiro atoms. The number of Topliss-reactive ketones (excluding diaryl/α,β-unsaturated/α-hetero) is 1. The first-order chi connectivity index (χ1) is 7.25. The van der Waals surface area contributed by atoms with Crippen LogP contribution < -0.4 is 4.46 Å². The third-order valence-corrected chi connectivity index (χ3v) is 5.22. The fourth-order valence-corrected chi connectivity index (χ4v) is 4.27. The van der Waals surface area contributed by atoms with Crippen molar-refractivity contribution in [1.29, 1.82) is 0 Å². The van der Waals surface area contributed by atoms with Gasteiger partial charge < -0.3 is 0 Å². The number of carbonyl (C=O) groups excluding carboxylic acids is 1. The molecule has 0 amide bonds. The molecule has 2 aromatic carbocycles. The topological polar surface area (TPSA) is 17.1 Å².